The molecule has 0 saturated heterocycles. The van der Waals surface area contributed by atoms with E-state index >= 15 is 0 Å². The van der Waals surface area contributed by atoms with Crippen molar-refractivity contribution in [1.29, 1.82) is 0 Å². The molecular formula is C8H18O8. The number of aliphatic hydroxyl groups is 4. The molecule has 0 rings (SSSR count). The highest BCUT2D eigenvalue weighted by Gasteiger charge is 2.01. The van der Waals surface area contributed by atoms with E-state index in [1.807, 2.05) is 0 Å². The lowest BCUT2D eigenvalue weighted by Crippen LogP contribution is -2.15. The molecule has 0 aromatic heterocycles. The van der Waals surface area contributed by atoms with Gasteiger partial charge in [0.1, 0.15) is 12.5 Å². The molecule has 0 heterocycles. The van der Waals surface area contributed by atoms with Crippen LogP contribution in [0.4, 0.5) is 0 Å². The van der Waals surface area contributed by atoms with Gasteiger partial charge in [-0.15, -0.1) is 0 Å². The van der Waals surface area contributed by atoms with E-state index < -0.39 is 24.5 Å². The van der Waals surface area contributed by atoms with Crippen molar-refractivity contribution in [3.63, 3.8) is 0 Å². The maximum atomic E-state index is 9.43. The van der Waals surface area contributed by atoms with Crippen LogP contribution >= 0.6 is 0 Å². The summed E-state index contributed by atoms with van der Waals surface area (Å²) in [5, 5.41) is 47.0. The Morgan fingerprint density at radius 2 is 1.25 bits per heavy atom. The molecule has 8 nitrogen and oxygen atoms in total. The number of hydrogen-bond donors (Lipinski definition) is 6. The summed E-state index contributed by atoms with van der Waals surface area (Å²) < 4.78 is 0. The van der Waals surface area contributed by atoms with Gasteiger partial charge in [0.15, 0.2) is 0 Å². The highest BCUT2D eigenvalue weighted by atomic mass is 16.4. The molecule has 0 saturated carbocycles. The Labute approximate surface area is 92.4 Å². The summed E-state index contributed by atoms with van der Waals surface area (Å²) in [6, 6.07) is 0. The van der Waals surface area contributed by atoms with Gasteiger partial charge >= 0.3 is 11.9 Å². The minimum Gasteiger partial charge on any atom is -0.481 e. The Balaban J connectivity index is -0.000000172. The van der Waals surface area contributed by atoms with Gasteiger partial charge in [-0.25, -0.2) is 0 Å². The molecule has 8 heteroatoms. The Morgan fingerprint density at radius 1 is 1.00 bits per heavy atom. The molecule has 0 amide bonds. The third-order valence-electron chi connectivity index (χ3n) is 0.724. The highest BCUT2D eigenvalue weighted by Crippen LogP contribution is 1.74. The molecule has 0 aliphatic rings. The van der Waals surface area contributed by atoms with E-state index in [0.29, 0.717) is 0 Å². The second-order valence-electron chi connectivity index (χ2n) is 2.30. The number of carbonyl (C=O) groups is 2. The van der Waals surface area contributed by atoms with Crippen molar-refractivity contribution in [1.82, 2.24) is 0 Å². The first-order valence-electron chi connectivity index (χ1n) is 4.29. The van der Waals surface area contributed by atoms with Gasteiger partial charge in [0.05, 0.1) is 13.2 Å². The Kier molecular flexibility index (Phi) is 20.5. The molecule has 0 unspecified atom stereocenters. The lowest BCUT2D eigenvalue weighted by Gasteiger charge is -1.96. The van der Waals surface area contributed by atoms with Crippen LogP contribution in [0.3, 0.4) is 0 Å². The van der Waals surface area contributed by atoms with Crippen LogP contribution in [0.1, 0.15) is 13.3 Å². The molecule has 0 aliphatic carbocycles. The lowest BCUT2D eigenvalue weighted by molar-refractivity contribution is -0.147. The van der Waals surface area contributed by atoms with E-state index in [0.717, 1.165) is 0 Å². The van der Waals surface area contributed by atoms with Crippen molar-refractivity contribution in [2.45, 2.75) is 19.4 Å². The van der Waals surface area contributed by atoms with Gasteiger partial charge in [-0.3, -0.25) is 9.59 Å². The quantitative estimate of drug-likeness (QED) is 0.305. The van der Waals surface area contributed by atoms with Crippen LogP contribution < -0.4 is 0 Å². The smallest absolute Gasteiger partial charge is 0.314 e. The second-order valence-corrected chi connectivity index (χ2v) is 2.30. The van der Waals surface area contributed by atoms with Crippen LogP contribution in [0.2, 0.25) is 0 Å². The SMILES string of the molecule is CCO.O=C(O)CC(=O)O.OCC(O)CO. The van der Waals surface area contributed by atoms with Crippen molar-refractivity contribution in [2.24, 2.45) is 0 Å². The Bertz CT molecular complexity index is 153. The number of carboxylic acids is 2. The average Bonchev–Trinajstić information content (AvgIpc) is 2.16. The number of aliphatic carboxylic acids is 2. The second kappa shape index (κ2) is 16.2. The van der Waals surface area contributed by atoms with Crippen molar-refractivity contribution >= 4 is 11.9 Å². The number of hydrogen-bond acceptors (Lipinski definition) is 6. The summed E-state index contributed by atoms with van der Waals surface area (Å²) in [5.41, 5.74) is 0. The molecule has 0 spiro atoms. The van der Waals surface area contributed by atoms with Crippen LogP contribution in [-0.4, -0.2) is 68.5 Å². The van der Waals surface area contributed by atoms with E-state index in [4.69, 9.17) is 30.6 Å². The van der Waals surface area contributed by atoms with Crippen LogP contribution in [0.15, 0.2) is 0 Å². The molecule has 0 bridgehead atoms. The maximum absolute atomic E-state index is 9.43. The van der Waals surface area contributed by atoms with E-state index in [1.165, 1.54) is 0 Å². The topological polar surface area (TPSA) is 156 Å². The molecular weight excluding hydrogens is 224 g/mol. The monoisotopic (exact) mass is 242 g/mol. The summed E-state index contributed by atoms with van der Waals surface area (Å²) in [7, 11) is 0. The zero-order valence-corrected chi connectivity index (χ0v) is 8.91. The zero-order valence-electron chi connectivity index (χ0n) is 8.91. The first kappa shape index (κ1) is 20.2. The zero-order chi connectivity index (χ0) is 13.6. The summed E-state index contributed by atoms with van der Waals surface area (Å²) in [5.74, 6) is -2.62. The fraction of sp³-hybridized carbons (Fsp3) is 0.750. The molecule has 0 fully saturated rings. The van der Waals surface area contributed by atoms with Crippen LogP contribution in [0.25, 0.3) is 0 Å². The van der Waals surface area contributed by atoms with Crippen molar-refractivity contribution in [2.75, 3.05) is 19.8 Å². The van der Waals surface area contributed by atoms with Gasteiger partial charge in [-0.1, -0.05) is 0 Å². The predicted octanol–water partition coefficient (Wildman–Crippen LogP) is -2.12. The summed E-state index contributed by atoms with van der Waals surface area (Å²) >= 11 is 0. The maximum Gasteiger partial charge on any atom is 0.314 e. The van der Waals surface area contributed by atoms with E-state index in [1.54, 1.807) is 6.92 Å². The first-order chi connectivity index (χ1) is 7.35. The van der Waals surface area contributed by atoms with E-state index in [-0.39, 0.29) is 19.8 Å². The largest absolute Gasteiger partial charge is 0.481 e. The van der Waals surface area contributed by atoms with E-state index in [2.05, 4.69) is 0 Å². The van der Waals surface area contributed by atoms with Crippen molar-refractivity contribution in [3.8, 4) is 0 Å². The molecule has 0 aromatic carbocycles. The minimum absolute atomic E-state index is 0.250. The van der Waals surface area contributed by atoms with E-state index in [9.17, 15) is 9.59 Å². The Morgan fingerprint density at radius 3 is 1.25 bits per heavy atom. The molecule has 0 aliphatic heterocycles. The van der Waals surface area contributed by atoms with Gasteiger partial charge in [0.25, 0.3) is 0 Å². The average molecular weight is 242 g/mol. The predicted molar refractivity (Wildman–Crippen MR) is 52.8 cm³/mol. The third kappa shape index (κ3) is 38.6. The first-order valence-corrected chi connectivity index (χ1v) is 4.29. The van der Waals surface area contributed by atoms with Gasteiger partial charge in [-0.05, 0) is 6.92 Å². The fourth-order valence-corrected chi connectivity index (χ4v) is 0.187. The van der Waals surface area contributed by atoms with Gasteiger partial charge in [-0.2, -0.15) is 0 Å². The molecule has 0 aromatic rings. The molecule has 98 valence electrons. The fourth-order valence-electron chi connectivity index (χ4n) is 0.187. The summed E-state index contributed by atoms with van der Waals surface area (Å²) in [6.07, 6.45) is -1.76. The van der Waals surface area contributed by atoms with Gasteiger partial charge in [0, 0.05) is 6.61 Å². The molecule has 16 heavy (non-hydrogen) atoms. The summed E-state index contributed by atoms with van der Waals surface area (Å²) in [6.45, 7) is 1.20. The van der Waals surface area contributed by atoms with Crippen molar-refractivity contribution < 1.29 is 40.2 Å². The van der Waals surface area contributed by atoms with Crippen molar-refractivity contribution in [3.05, 3.63) is 0 Å². The number of aliphatic hydroxyl groups excluding tert-OH is 4. The van der Waals surface area contributed by atoms with Crippen LogP contribution in [0.5, 0.6) is 0 Å². The number of carboxylic acid groups (broad SMARTS) is 2. The highest BCUT2D eigenvalue weighted by molar-refractivity contribution is 5.88. The summed E-state index contributed by atoms with van der Waals surface area (Å²) in [4.78, 5) is 18.9. The molecule has 0 atom stereocenters. The van der Waals surface area contributed by atoms with Crippen LogP contribution in [0, 0.1) is 0 Å². The third-order valence-corrected chi connectivity index (χ3v) is 0.724. The van der Waals surface area contributed by atoms with Gasteiger partial charge in [0.2, 0.25) is 0 Å². The molecule has 0 radical (unpaired) electrons. The van der Waals surface area contributed by atoms with Crippen LogP contribution in [-0.2, 0) is 9.59 Å². The standard InChI is InChI=1S/C3H4O4.C3H8O3.C2H6O/c4-2(5)1-3(6)7;4-1-3(6)2-5;1-2-3/h1H2,(H,4,5)(H,6,7);3-6H,1-2H2;3H,2H2,1H3. The minimum atomic E-state index is -1.31. The normalized spacial score (nSPS) is 8.38. The lowest BCUT2D eigenvalue weighted by atomic mass is 10.4. The Hall–Kier alpha value is -1.22. The van der Waals surface area contributed by atoms with Gasteiger partial charge < -0.3 is 30.6 Å². The number of rotatable bonds is 4. The molecule has 6 N–H and O–H groups in total.